The minimum atomic E-state index is -0.0129. The maximum absolute atomic E-state index is 11.0. The van der Waals surface area contributed by atoms with Gasteiger partial charge in [0.25, 0.3) is 0 Å². The average molecular weight is 170 g/mol. The molecule has 2 heteroatoms. The molecule has 1 rings (SSSR count). The van der Waals surface area contributed by atoms with Crippen LogP contribution in [0.25, 0.3) is 0 Å². The number of carbonyl (C=O) groups excluding carboxylic acids is 1. The van der Waals surface area contributed by atoms with Crippen LogP contribution < -0.4 is 0 Å². The molecule has 0 bridgehead atoms. The van der Waals surface area contributed by atoms with Gasteiger partial charge >= 0.3 is 5.97 Å². The second-order valence-electron chi connectivity index (χ2n) is 3.55. The molecular weight excluding hydrogens is 152 g/mol. The molecule has 0 saturated heterocycles. The van der Waals surface area contributed by atoms with E-state index in [0.717, 1.165) is 5.92 Å². The van der Waals surface area contributed by atoms with Crippen molar-refractivity contribution in [3.05, 3.63) is 0 Å². The molecule has 0 aliphatic heterocycles. The predicted octanol–water partition coefficient (Wildman–Crippen LogP) is 2.38. The van der Waals surface area contributed by atoms with E-state index in [0.29, 0.717) is 18.9 Å². The van der Waals surface area contributed by atoms with Gasteiger partial charge in [-0.15, -0.1) is 0 Å². The number of ether oxygens (including phenoxy) is 1. The molecule has 1 saturated carbocycles. The molecule has 2 atom stereocenters. The Hall–Kier alpha value is -0.530. The van der Waals surface area contributed by atoms with Gasteiger partial charge in [-0.1, -0.05) is 19.8 Å². The Kier molecular flexibility index (Phi) is 3.57. The van der Waals surface area contributed by atoms with E-state index in [1.54, 1.807) is 0 Å². The Morgan fingerprint density at radius 3 is 2.75 bits per heavy atom. The molecule has 0 heterocycles. The lowest BCUT2D eigenvalue weighted by molar-refractivity contribution is -0.143. The first-order chi connectivity index (χ1) is 5.77. The molecule has 0 aromatic carbocycles. The van der Waals surface area contributed by atoms with Gasteiger partial charge in [-0.25, -0.2) is 0 Å². The monoisotopic (exact) mass is 170 g/mol. The lowest BCUT2D eigenvalue weighted by Gasteiger charge is -1.99. The van der Waals surface area contributed by atoms with E-state index >= 15 is 0 Å². The highest BCUT2D eigenvalue weighted by Crippen LogP contribution is 2.44. The van der Waals surface area contributed by atoms with Crippen LogP contribution in [0.3, 0.4) is 0 Å². The summed E-state index contributed by atoms with van der Waals surface area (Å²) in [5, 5.41) is 0. The van der Waals surface area contributed by atoms with Crippen LogP contribution >= 0.6 is 0 Å². The maximum atomic E-state index is 11.0. The van der Waals surface area contributed by atoms with Gasteiger partial charge in [-0.3, -0.25) is 4.79 Å². The van der Waals surface area contributed by atoms with Gasteiger partial charge in [0.15, 0.2) is 0 Å². The van der Waals surface area contributed by atoms with E-state index in [1.807, 2.05) is 6.92 Å². The molecule has 1 fully saturated rings. The fraction of sp³-hybridized carbons (Fsp3) is 0.900. The second kappa shape index (κ2) is 4.48. The van der Waals surface area contributed by atoms with E-state index in [1.165, 1.54) is 19.3 Å². The van der Waals surface area contributed by atoms with Crippen LogP contribution in [-0.4, -0.2) is 12.6 Å². The van der Waals surface area contributed by atoms with Crippen LogP contribution in [-0.2, 0) is 9.53 Å². The van der Waals surface area contributed by atoms with Crippen molar-refractivity contribution in [1.29, 1.82) is 0 Å². The van der Waals surface area contributed by atoms with Crippen LogP contribution in [0.2, 0.25) is 0 Å². The van der Waals surface area contributed by atoms with E-state index in [2.05, 4.69) is 6.92 Å². The van der Waals surface area contributed by atoms with Crippen molar-refractivity contribution in [2.75, 3.05) is 6.61 Å². The van der Waals surface area contributed by atoms with Gasteiger partial charge in [-0.2, -0.15) is 0 Å². The van der Waals surface area contributed by atoms with Crippen molar-refractivity contribution in [3.8, 4) is 0 Å². The first kappa shape index (κ1) is 9.56. The molecule has 12 heavy (non-hydrogen) atoms. The van der Waals surface area contributed by atoms with Gasteiger partial charge in [0.05, 0.1) is 6.61 Å². The Morgan fingerprint density at radius 2 is 2.17 bits per heavy atom. The topological polar surface area (TPSA) is 26.3 Å². The van der Waals surface area contributed by atoms with Crippen molar-refractivity contribution >= 4 is 5.97 Å². The summed E-state index contributed by atoms with van der Waals surface area (Å²) >= 11 is 0. The number of carbonyl (C=O) groups is 1. The van der Waals surface area contributed by atoms with Crippen LogP contribution in [0.5, 0.6) is 0 Å². The summed E-state index contributed by atoms with van der Waals surface area (Å²) < 4.78 is 4.88. The van der Waals surface area contributed by atoms with Crippen molar-refractivity contribution in [2.45, 2.75) is 39.5 Å². The van der Waals surface area contributed by atoms with E-state index in [-0.39, 0.29) is 5.97 Å². The highest BCUT2D eigenvalue weighted by atomic mass is 16.5. The summed E-state index contributed by atoms with van der Waals surface area (Å²) in [6, 6.07) is 0. The zero-order valence-electron chi connectivity index (χ0n) is 8.01. The zero-order chi connectivity index (χ0) is 8.97. The van der Waals surface area contributed by atoms with Gasteiger partial charge in [0, 0.05) is 6.42 Å². The van der Waals surface area contributed by atoms with Gasteiger partial charge in [-0.05, 0) is 25.2 Å². The molecule has 1 aliphatic rings. The van der Waals surface area contributed by atoms with Gasteiger partial charge < -0.3 is 4.74 Å². The average Bonchev–Trinajstić information content (AvgIpc) is 2.69. The highest BCUT2D eigenvalue weighted by Gasteiger charge is 2.37. The van der Waals surface area contributed by atoms with Crippen LogP contribution in [0, 0.1) is 11.8 Å². The maximum Gasteiger partial charge on any atom is 0.306 e. The second-order valence-corrected chi connectivity index (χ2v) is 3.55. The predicted molar refractivity (Wildman–Crippen MR) is 47.8 cm³/mol. The lowest BCUT2D eigenvalue weighted by Crippen LogP contribution is -2.05. The molecule has 0 spiro atoms. The Labute approximate surface area is 74.3 Å². The quantitative estimate of drug-likeness (QED) is 0.592. The largest absolute Gasteiger partial charge is 0.466 e. The Morgan fingerprint density at radius 1 is 1.42 bits per heavy atom. The van der Waals surface area contributed by atoms with E-state index < -0.39 is 0 Å². The molecule has 2 unspecified atom stereocenters. The lowest BCUT2D eigenvalue weighted by atomic mass is 10.2. The fourth-order valence-electron chi connectivity index (χ4n) is 1.72. The molecule has 0 aromatic heterocycles. The summed E-state index contributed by atoms with van der Waals surface area (Å²) in [6.07, 6.45) is 4.42. The van der Waals surface area contributed by atoms with Crippen LogP contribution in [0.4, 0.5) is 0 Å². The van der Waals surface area contributed by atoms with Gasteiger partial charge in [0.1, 0.15) is 0 Å². The summed E-state index contributed by atoms with van der Waals surface area (Å²) in [7, 11) is 0. The SMILES string of the molecule is CCCC1CC1CC(=O)OCC. The van der Waals surface area contributed by atoms with Crippen molar-refractivity contribution in [2.24, 2.45) is 11.8 Å². The highest BCUT2D eigenvalue weighted by molar-refractivity contribution is 5.70. The number of hydrogen-bond acceptors (Lipinski definition) is 2. The molecule has 1 aliphatic carbocycles. The molecule has 0 radical (unpaired) electrons. The Bertz CT molecular complexity index is 154. The van der Waals surface area contributed by atoms with Gasteiger partial charge in [0.2, 0.25) is 0 Å². The molecule has 70 valence electrons. The first-order valence-corrected chi connectivity index (χ1v) is 4.93. The summed E-state index contributed by atoms with van der Waals surface area (Å²) in [6.45, 7) is 4.57. The van der Waals surface area contributed by atoms with Crippen LogP contribution in [0.15, 0.2) is 0 Å². The normalized spacial score (nSPS) is 26.8. The zero-order valence-corrected chi connectivity index (χ0v) is 8.01. The standard InChI is InChI=1S/C10H18O2/c1-3-5-8-6-9(8)7-10(11)12-4-2/h8-9H,3-7H2,1-2H3. The van der Waals surface area contributed by atoms with Crippen molar-refractivity contribution in [3.63, 3.8) is 0 Å². The van der Waals surface area contributed by atoms with E-state index in [4.69, 9.17) is 4.74 Å². The molecule has 0 N–H and O–H groups in total. The minimum Gasteiger partial charge on any atom is -0.466 e. The minimum absolute atomic E-state index is 0.0129. The summed E-state index contributed by atoms with van der Waals surface area (Å²) in [4.78, 5) is 11.0. The summed E-state index contributed by atoms with van der Waals surface area (Å²) in [5.74, 6) is 1.45. The molecule has 2 nitrogen and oxygen atoms in total. The van der Waals surface area contributed by atoms with E-state index in [9.17, 15) is 4.79 Å². The molecular formula is C10H18O2. The third kappa shape index (κ3) is 2.84. The number of esters is 1. The number of hydrogen-bond donors (Lipinski definition) is 0. The van der Waals surface area contributed by atoms with Crippen molar-refractivity contribution in [1.82, 2.24) is 0 Å². The Balaban J connectivity index is 2.06. The molecule has 0 aromatic rings. The van der Waals surface area contributed by atoms with Crippen LogP contribution in [0.1, 0.15) is 39.5 Å². The van der Waals surface area contributed by atoms with Crippen molar-refractivity contribution < 1.29 is 9.53 Å². The first-order valence-electron chi connectivity index (χ1n) is 4.93. The third-order valence-electron chi connectivity index (χ3n) is 2.46. The summed E-state index contributed by atoms with van der Waals surface area (Å²) in [5.41, 5.74) is 0. The smallest absolute Gasteiger partial charge is 0.306 e. The number of rotatable bonds is 5. The third-order valence-corrected chi connectivity index (χ3v) is 2.46. The fourth-order valence-corrected chi connectivity index (χ4v) is 1.72. The molecule has 0 amide bonds.